The number of nitrogens with two attached hydrogens (primary N) is 1. The minimum absolute atomic E-state index is 0. The number of piperidine rings is 1. The number of carbonyl (C=O) groups excluding carboxylic acids is 1. The Labute approximate surface area is 157 Å². The van der Waals surface area contributed by atoms with Crippen molar-refractivity contribution in [3.05, 3.63) is 46.2 Å². The molecule has 24 heavy (non-hydrogen) atoms. The van der Waals surface area contributed by atoms with E-state index in [0.29, 0.717) is 22.3 Å². The quantitative estimate of drug-likeness (QED) is 0.873. The van der Waals surface area contributed by atoms with E-state index >= 15 is 0 Å². The number of amides is 1. The fourth-order valence-corrected chi connectivity index (χ4v) is 3.16. The molecule has 1 amide bonds. The van der Waals surface area contributed by atoms with E-state index in [1.807, 2.05) is 4.90 Å². The van der Waals surface area contributed by atoms with Crippen LogP contribution in [0.3, 0.4) is 0 Å². The predicted molar refractivity (Wildman–Crippen MR) is 98.6 cm³/mol. The summed E-state index contributed by atoms with van der Waals surface area (Å²) in [6.07, 6.45) is 4.82. The van der Waals surface area contributed by atoms with Crippen molar-refractivity contribution in [1.29, 1.82) is 0 Å². The maximum Gasteiger partial charge on any atom is 0.274 e. The van der Waals surface area contributed by atoms with Crippen LogP contribution in [0.1, 0.15) is 29.8 Å². The van der Waals surface area contributed by atoms with Crippen molar-refractivity contribution in [2.75, 3.05) is 13.1 Å². The van der Waals surface area contributed by atoms with Crippen LogP contribution in [0.2, 0.25) is 10.0 Å². The highest BCUT2D eigenvalue weighted by Crippen LogP contribution is 2.24. The second kappa shape index (κ2) is 8.21. The SMILES string of the molecule is Cl.NCC1CCCCN1C(=O)c1ccn(-c2ccc(Cl)c(Cl)c2)n1. The van der Waals surface area contributed by atoms with Gasteiger partial charge in [0.25, 0.3) is 5.91 Å². The summed E-state index contributed by atoms with van der Waals surface area (Å²) in [7, 11) is 0. The molecule has 0 radical (unpaired) electrons. The minimum atomic E-state index is -0.0704. The summed E-state index contributed by atoms with van der Waals surface area (Å²) in [5, 5.41) is 5.31. The number of rotatable bonds is 3. The Balaban J connectivity index is 0.00000208. The largest absolute Gasteiger partial charge is 0.333 e. The Morgan fingerprint density at radius 3 is 2.75 bits per heavy atom. The van der Waals surface area contributed by atoms with E-state index in [0.717, 1.165) is 31.5 Å². The molecule has 1 aromatic heterocycles. The zero-order chi connectivity index (χ0) is 16.4. The van der Waals surface area contributed by atoms with Crippen LogP contribution in [-0.4, -0.2) is 39.7 Å². The first-order valence-electron chi connectivity index (χ1n) is 7.62. The minimum Gasteiger partial charge on any atom is -0.333 e. The van der Waals surface area contributed by atoms with Crippen LogP contribution in [0.4, 0.5) is 0 Å². The summed E-state index contributed by atoms with van der Waals surface area (Å²) in [5.74, 6) is -0.0704. The van der Waals surface area contributed by atoms with Gasteiger partial charge in [-0.05, 0) is 43.5 Å². The number of benzene rings is 1. The molecular formula is C16H19Cl3N4O. The van der Waals surface area contributed by atoms with Gasteiger partial charge < -0.3 is 10.6 Å². The molecule has 3 rings (SSSR count). The van der Waals surface area contributed by atoms with Gasteiger partial charge in [-0.2, -0.15) is 5.10 Å². The molecule has 1 aromatic carbocycles. The summed E-state index contributed by atoms with van der Waals surface area (Å²) >= 11 is 12.0. The lowest BCUT2D eigenvalue weighted by Gasteiger charge is -2.34. The second-order valence-corrected chi connectivity index (χ2v) is 6.44. The van der Waals surface area contributed by atoms with E-state index in [-0.39, 0.29) is 24.4 Å². The summed E-state index contributed by atoms with van der Waals surface area (Å²) in [6.45, 7) is 1.22. The van der Waals surface area contributed by atoms with Gasteiger partial charge in [0.05, 0.1) is 15.7 Å². The van der Waals surface area contributed by atoms with Crippen molar-refractivity contribution in [2.24, 2.45) is 5.73 Å². The highest BCUT2D eigenvalue weighted by molar-refractivity contribution is 6.42. The van der Waals surface area contributed by atoms with Crippen molar-refractivity contribution in [1.82, 2.24) is 14.7 Å². The number of hydrogen-bond acceptors (Lipinski definition) is 3. The topological polar surface area (TPSA) is 64.2 Å². The fraction of sp³-hybridized carbons (Fsp3) is 0.375. The van der Waals surface area contributed by atoms with Crippen LogP contribution >= 0.6 is 35.6 Å². The molecule has 1 aliphatic rings. The van der Waals surface area contributed by atoms with E-state index in [9.17, 15) is 4.79 Å². The Bertz CT molecular complexity index is 719. The average Bonchev–Trinajstić information content (AvgIpc) is 3.06. The van der Waals surface area contributed by atoms with Gasteiger partial charge >= 0.3 is 0 Å². The number of halogens is 3. The van der Waals surface area contributed by atoms with Gasteiger partial charge in [-0.25, -0.2) is 4.68 Å². The zero-order valence-corrected chi connectivity index (χ0v) is 15.3. The monoisotopic (exact) mass is 388 g/mol. The lowest BCUT2D eigenvalue weighted by atomic mass is 10.0. The van der Waals surface area contributed by atoms with Crippen molar-refractivity contribution < 1.29 is 4.79 Å². The Kier molecular flexibility index (Phi) is 6.52. The maximum absolute atomic E-state index is 12.7. The standard InChI is InChI=1S/C16H18Cl2N4O.ClH/c17-13-5-4-11(9-14(13)18)22-8-6-15(20-22)16(23)21-7-2-1-3-12(21)10-19;/h4-6,8-9,12H,1-3,7,10,19H2;1H. The number of carbonyl (C=O) groups is 1. The van der Waals surface area contributed by atoms with Gasteiger partial charge in [-0.15, -0.1) is 12.4 Å². The van der Waals surface area contributed by atoms with Crippen molar-refractivity contribution in [3.63, 3.8) is 0 Å². The van der Waals surface area contributed by atoms with Gasteiger partial charge in [-0.1, -0.05) is 23.2 Å². The van der Waals surface area contributed by atoms with E-state index in [1.165, 1.54) is 0 Å². The molecule has 1 atom stereocenters. The third-order valence-corrected chi connectivity index (χ3v) is 4.88. The molecule has 0 bridgehead atoms. The average molecular weight is 390 g/mol. The van der Waals surface area contributed by atoms with Crippen LogP contribution in [0.5, 0.6) is 0 Å². The molecule has 0 spiro atoms. The van der Waals surface area contributed by atoms with Crippen LogP contribution in [0.15, 0.2) is 30.5 Å². The lowest BCUT2D eigenvalue weighted by Crippen LogP contribution is -2.47. The Morgan fingerprint density at radius 1 is 1.25 bits per heavy atom. The van der Waals surface area contributed by atoms with Crippen LogP contribution in [0.25, 0.3) is 5.69 Å². The number of likely N-dealkylation sites (tertiary alicyclic amines) is 1. The lowest BCUT2D eigenvalue weighted by molar-refractivity contribution is 0.0617. The van der Waals surface area contributed by atoms with Crippen molar-refractivity contribution >= 4 is 41.5 Å². The highest BCUT2D eigenvalue weighted by Gasteiger charge is 2.27. The van der Waals surface area contributed by atoms with Crippen LogP contribution < -0.4 is 5.73 Å². The van der Waals surface area contributed by atoms with Crippen LogP contribution in [0, 0.1) is 0 Å². The fourth-order valence-electron chi connectivity index (χ4n) is 2.87. The molecule has 0 saturated carbocycles. The molecule has 1 aliphatic heterocycles. The Hall–Kier alpha value is -1.27. The molecule has 2 aromatic rings. The first-order valence-corrected chi connectivity index (χ1v) is 8.38. The predicted octanol–water partition coefficient (Wildman–Crippen LogP) is 3.55. The van der Waals surface area contributed by atoms with E-state index in [2.05, 4.69) is 5.10 Å². The number of aromatic nitrogens is 2. The summed E-state index contributed by atoms with van der Waals surface area (Å²) in [4.78, 5) is 14.5. The molecule has 2 N–H and O–H groups in total. The number of hydrogen-bond donors (Lipinski definition) is 1. The van der Waals surface area contributed by atoms with E-state index in [4.69, 9.17) is 28.9 Å². The highest BCUT2D eigenvalue weighted by atomic mass is 35.5. The molecule has 130 valence electrons. The van der Waals surface area contributed by atoms with Crippen LogP contribution in [-0.2, 0) is 0 Å². The molecule has 1 unspecified atom stereocenters. The first-order chi connectivity index (χ1) is 11.1. The van der Waals surface area contributed by atoms with Crippen molar-refractivity contribution in [2.45, 2.75) is 25.3 Å². The third-order valence-electron chi connectivity index (χ3n) is 4.14. The molecule has 1 saturated heterocycles. The maximum atomic E-state index is 12.7. The molecule has 0 aliphatic carbocycles. The number of nitrogens with zero attached hydrogens (tertiary/aromatic N) is 3. The molecule has 8 heteroatoms. The Morgan fingerprint density at radius 2 is 2.04 bits per heavy atom. The van der Waals surface area contributed by atoms with Gasteiger partial charge in [0.15, 0.2) is 5.69 Å². The van der Waals surface area contributed by atoms with Gasteiger partial charge in [0, 0.05) is 25.3 Å². The summed E-state index contributed by atoms with van der Waals surface area (Å²) in [6, 6.07) is 7.05. The first kappa shape index (κ1) is 19.1. The zero-order valence-electron chi connectivity index (χ0n) is 13.0. The molecule has 1 fully saturated rings. The van der Waals surface area contributed by atoms with E-state index in [1.54, 1.807) is 35.1 Å². The molecule has 2 heterocycles. The van der Waals surface area contributed by atoms with Gasteiger partial charge in [0.2, 0.25) is 0 Å². The second-order valence-electron chi connectivity index (χ2n) is 5.63. The summed E-state index contributed by atoms with van der Waals surface area (Å²) in [5.41, 5.74) is 6.96. The molecule has 5 nitrogen and oxygen atoms in total. The van der Waals surface area contributed by atoms with Gasteiger partial charge in [0.1, 0.15) is 0 Å². The van der Waals surface area contributed by atoms with Crippen molar-refractivity contribution in [3.8, 4) is 5.69 Å². The third kappa shape index (κ3) is 3.86. The normalized spacial score (nSPS) is 17.5. The smallest absolute Gasteiger partial charge is 0.274 e. The molecular weight excluding hydrogens is 371 g/mol. The van der Waals surface area contributed by atoms with Gasteiger partial charge in [-0.3, -0.25) is 4.79 Å². The van der Waals surface area contributed by atoms with E-state index < -0.39 is 0 Å². The summed E-state index contributed by atoms with van der Waals surface area (Å²) < 4.78 is 1.62.